The number of pyridine rings is 1. The third-order valence-electron chi connectivity index (χ3n) is 3.08. The van der Waals surface area contributed by atoms with E-state index in [1.165, 1.54) is 12.1 Å². The lowest BCUT2D eigenvalue weighted by Crippen LogP contribution is -2.18. The van der Waals surface area contributed by atoms with E-state index in [0.29, 0.717) is 6.54 Å². The Morgan fingerprint density at radius 2 is 1.85 bits per heavy atom. The minimum absolute atomic E-state index is 0.0889. The summed E-state index contributed by atoms with van der Waals surface area (Å²) in [4.78, 5) is 4.03. The molecule has 1 aromatic carbocycles. The van der Waals surface area contributed by atoms with E-state index >= 15 is 0 Å². The van der Waals surface area contributed by atoms with Crippen LogP contribution in [0.25, 0.3) is 0 Å². The molecule has 2 nitrogen and oxygen atoms in total. The predicted octanol–water partition coefficient (Wildman–Crippen LogP) is 3.95. The molecule has 5 heteroatoms. The Labute approximate surface area is 115 Å². The highest BCUT2D eigenvalue weighted by Gasteiger charge is 2.29. The highest BCUT2D eigenvalue weighted by Crippen LogP contribution is 2.29. The fourth-order valence-corrected chi connectivity index (χ4v) is 1.83. The number of halogens is 3. The van der Waals surface area contributed by atoms with Gasteiger partial charge in [-0.3, -0.25) is 4.98 Å². The molecule has 1 heterocycles. The van der Waals surface area contributed by atoms with Gasteiger partial charge in [0.15, 0.2) is 0 Å². The van der Waals surface area contributed by atoms with Crippen molar-refractivity contribution < 1.29 is 13.2 Å². The van der Waals surface area contributed by atoms with Crippen molar-refractivity contribution >= 4 is 0 Å². The summed E-state index contributed by atoms with van der Waals surface area (Å²) in [6, 6.07) is 9.09. The fourth-order valence-electron chi connectivity index (χ4n) is 1.83. The molecule has 20 heavy (non-hydrogen) atoms. The molecule has 2 aromatic rings. The van der Waals surface area contributed by atoms with Crippen LogP contribution in [0.3, 0.4) is 0 Å². The van der Waals surface area contributed by atoms with Gasteiger partial charge in [-0.25, -0.2) is 0 Å². The number of nitrogens with zero attached hydrogens (tertiary/aromatic N) is 1. The van der Waals surface area contributed by atoms with E-state index in [1.807, 2.05) is 19.1 Å². The number of nitrogens with one attached hydrogen (secondary N) is 1. The number of hydrogen-bond acceptors (Lipinski definition) is 2. The van der Waals surface area contributed by atoms with Crippen LogP contribution in [0.15, 0.2) is 48.8 Å². The van der Waals surface area contributed by atoms with Crippen molar-refractivity contribution in [2.24, 2.45) is 0 Å². The first-order valence-electron chi connectivity index (χ1n) is 6.26. The van der Waals surface area contributed by atoms with Crippen LogP contribution in [-0.2, 0) is 12.7 Å². The Morgan fingerprint density at radius 3 is 2.40 bits per heavy atom. The molecular formula is C15H15F3N2. The van der Waals surface area contributed by atoms with Crippen molar-refractivity contribution in [3.05, 3.63) is 65.5 Å². The SMILES string of the molecule is CC(NCc1ccc(C(F)(F)F)cc1)c1cccnc1. The third kappa shape index (κ3) is 3.81. The second-order valence-corrected chi connectivity index (χ2v) is 4.58. The molecule has 0 saturated carbocycles. The molecule has 0 spiro atoms. The molecule has 1 aromatic heterocycles. The topological polar surface area (TPSA) is 24.9 Å². The summed E-state index contributed by atoms with van der Waals surface area (Å²) in [7, 11) is 0. The minimum atomic E-state index is -4.28. The summed E-state index contributed by atoms with van der Waals surface area (Å²) in [6.07, 6.45) is -0.814. The molecule has 1 unspecified atom stereocenters. The molecule has 2 rings (SSSR count). The fraction of sp³-hybridized carbons (Fsp3) is 0.267. The second kappa shape index (κ2) is 6.05. The van der Waals surface area contributed by atoms with Crippen molar-refractivity contribution in [3.63, 3.8) is 0 Å². The number of aromatic nitrogens is 1. The molecule has 0 fully saturated rings. The number of rotatable bonds is 4. The molecule has 0 aliphatic rings. The summed E-state index contributed by atoms with van der Waals surface area (Å²) in [6.45, 7) is 2.50. The van der Waals surface area contributed by atoms with Gasteiger partial charge in [-0.15, -0.1) is 0 Å². The van der Waals surface area contributed by atoms with Gasteiger partial charge in [-0.2, -0.15) is 13.2 Å². The molecule has 0 aliphatic heterocycles. The van der Waals surface area contributed by atoms with Crippen molar-refractivity contribution in [2.45, 2.75) is 25.7 Å². The van der Waals surface area contributed by atoms with Gasteiger partial charge in [0.05, 0.1) is 5.56 Å². The van der Waals surface area contributed by atoms with Crippen LogP contribution >= 0.6 is 0 Å². The molecule has 0 amide bonds. The highest BCUT2D eigenvalue weighted by atomic mass is 19.4. The first-order chi connectivity index (χ1) is 9.47. The number of hydrogen-bond donors (Lipinski definition) is 1. The van der Waals surface area contributed by atoms with Gasteiger partial charge in [0, 0.05) is 25.0 Å². The highest BCUT2D eigenvalue weighted by molar-refractivity contribution is 5.24. The van der Waals surface area contributed by atoms with Crippen LogP contribution in [0.4, 0.5) is 13.2 Å². The zero-order valence-corrected chi connectivity index (χ0v) is 11.0. The van der Waals surface area contributed by atoms with Crippen molar-refractivity contribution in [2.75, 3.05) is 0 Å². The average Bonchev–Trinajstić information content (AvgIpc) is 2.45. The van der Waals surface area contributed by atoms with E-state index in [1.54, 1.807) is 12.4 Å². The maximum atomic E-state index is 12.4. The van der Waals surface area contributed by atoms with E-state index in [4.69, 9.17) is 0 Å². The Kier molecular flexibility index (Phi) is 4.39. The molecule has 1 atom stereocenters. The monoisotopic (exact) mass is 280 g/mol. The van der Waals surface area contributed by atoms with Crippen LogP contribution in [-0.4, -0.2) is 4.98 Å². The number of benzene rings is 1. The third-order valence-corrected chi connectivity index (χ3v) is 3.08. The molecular weight excluding hydrogens is 265 g/mol. The Bertz CT molecular complexity index is 535. The van der Waals surface area contributed by atoms with Crippen molar-refractivity contribution in [1.29, 1.82) is 0 Å². The lowest BCUT2D eigenvalue weighted by atomic mass is 10.1. The van der Waals surface area contributed by atoms with Gasteiger partial charge >= 0.3 is 6.18 Å². The first-order valence-corrected chi connectivity index (χ1v) is 6.26. The van der Waals surface area contributed by atoms with Gasteiger partial charge in [-0.05, 0) is 36.2 Å². The van der Waals surface area contributed by atoms with Crippen LogP contribution in [0, 0.1) is 0 Å². The van der Waals surface area contributed by atoms with Crippen LogP contribution in [0.5, 0.6) is 0 Å². The standard InChI is InChI=1S/C15H15F3N2/c1-11(13-3-2-8-19-10-13)20-9-12-4-6-14(7-5-12)15(16,17)18/h2-8,10-11,20H,9H2,1H3. The van der Waals surface area contributed by atoms with Gasteiger partial charge in [0.25, 0.3) is 0 Å². The maximum Gasteiger partial charge on any atom is 0.416 e. The molecule has 106 valence electrons. The Balaban J connectivity index is 1.94. The normalized spacial score (nSPS) is 13.2. The van der Waals surface area contributed by atoms with E-state index in [-0.39, 0.29) is 6.04 Å². The van der Waals surface area contributed by atoms with Gasteiger partial charge in [-0.1, -0.05) is 18.2 Å². The Morgan fingerprint density at radius 1 is 1.15 bits per heavy atom. The van der Waals surface area contributed by atoms with E-state index in [0.717, 1.165) is 23.3 Å². The van der Waals surface area contributed by atoms with Gasteiger partial charge < -0.3 is 5.32 Å². The van der Waals surface area contributed by atoms with Crippen LogP contribution < -0.4 is 5.32 Å². The summed E-state index contributed by atoms with van der Waals surface area (Å²) in [5.41, 5.74) is 1.23. The number of alkyl halides is 3. The van der Waals surface area contributed by atoms with E-state index in [9.17, 15) is 13.2 Å². The van der Waals surface area contributed by atoms with Crippen molar-refractivity contribution in [1.82, 2.24) is 10.3 Å². The summed E-state index contributed by atoms with van der Waals surface area (Å²) < 4.78 is 37.3. The summed E-state index contributed by atoms with van der Waals surface area (Å²) in [5.74, 6) is 0. The molecule has 0 bridgehead atoms. The first kappa shape index (κ1) is 14.5. The second-order valence-electron chi connectivity index (χ2n) is 4.58. The largest absolute Gasteiger partial charge is 0.416 e. The quantitative estimate of drug-likeness (QED) is 0.917. The zero-order chi connectivity index (χ0) is 14.6. The molecule has 0 radical (unpaired) electrons. The molecule has 0 aliphatic carbocycles. The predicted molar refractivity (Wildman–Crippen MR) is 70.9 cm³/mol. The van der Waals surface area contributed by atoms with E-state index in [2.05, 4.69) is 10.3 Å². The van der Waals surface area contributed by atoms with E-state index < -0.39 is 11.7 Å². The lowest BCUT2D eigenvalue weighted by Gasteiger charge is -2.14. The molecule has 0 saturated heterocycles. The molecule has 1 N–H and O–H groups in total. The average molecular weight is 280 g/mol. The maximum absolute atomic E-state index is 12.4. The van der Waals surface area contributed by atoms with Crippen LogP contribution in [0.2, 0.25) is 0 Å². The summed E-state index contributed by atoms with van der Waals surface area (Å²) >= 11 is 0. The minimum Gasteiger partial charge on any atom is -0.306 e. The zero-order valence-electron chi connectivity index (χ0n) is 11.0. The van der Waals surface area contributed by atoms with Crippen LogP contribution in [0.1, 0.15) is 29.7 Å². The van der Waals surface area contributed by atoms with Gasteiger partial charge in [0.1, 0.15) is 0 Å². The van der Waals surface area contributed by atoms with Crippen molar-refractivity contribution in [3.8, 4) is 0 Å². The Hall–Kier alpha value is -1.88. The van der Waals surface area contributed by atoms with Gasteiger partial charge in [0.2, 0.25) is 0 Å². The lowest BCUT2D eigenvalue weighted by molar-refractivity contribution is -0.137. The summed E-state index contributed by atoms with van der Waals surface area (Å²) in [5, 5.41) is 3.25. The smallest absolute Gasteiger partial charge is 0.306 e.